The number of hydrogen-bond donors (Lipinski definition) is 0. The molecule has 1 aliphatic rings. The molecule has 1 aliphatic heterocycles. The van der Waals surface area contributed by atoms with Crippen molar-refractivity contribution in [3.63, 3.8) is 0 Å². The number of likely N-dealkylation sites (tertiary alicyclic amines) is 1. The summed E-state index contributed by atoms with van der Waals surface area (Å²) in [4.78, 5) is 22.9. The lowest BCUT2D eigenvalue weighted by Gasteiger charge is -2.35. The van der Waals surface area contributed by atoms with Crippen LogP contribution in [0.4, 0.5) is 4.39 Å². The Labute approximate surface area is 135 Å². The third-order valence-electron chi connectivity index (χ3n) is 4.51. The van der Waals surface area contributed by atoms with Gasteiger partial charge >= 0.3 is 0 Å². The van der Waals surface area contributed by atoms with Gasteiger partial charge in [0, 0.05) is 17.8 Å². The lowest BCUT2D eigenvalue weighted by Crippen LogP contribution is -2.46. The molecule has 1 saturated heterocycles. The highest BCUT2D eigenvalue weighted by Crippen LogP contribution is 2.33. The Morgan fingerprint density at radius 3 is 2.74 bits per heavy atom. The molecule has 4 nitrogen and oxygen atoms in total. The minimum absolute atomic E-state index is 0.0578. The Morgan fingerprint density at radius 2 is 2.04 bits per heavy atom. The van der Waals surface area contributed by atoms with Crippen LogP contribution in [0.2, 0.25) is 0 Å². The molecule has 1 unspecified atom stereocenters. The van der Waals surface area contributed by atoms with Crippen LogP contribution in [0.25, 0.3) is 0 Å². The van der Waals surface area contributed by atoms with Crippen LogP contribution in [0.15, 0.2) is 36.7 Å². The molecule has 1 aromatic heterocycles. The predicted octanol–water partition coefficient (Wildman–Crippen LogP) is 3.16. The smallest absolute Gasteiger partial charge is 0.273 e. The Kier molecular flexibility index (Phi) is 4.11. The second-order valence-electron chi connectivity index (χ2n) is 6.41. The van der Waals surface area contributed by atoms with Crippen LogP contribution in [-0.2, 0) is 6.42 Å². The Bertz CT molecular complexity index is 716. The van der Waals surface area contributed by atoms with Crippen LogP contribution in [0.3, 0.4) is 0 Å². The number of halogens is 1. The van der Waals surface area contributed by atoms with E-state index in [1.807, 2.05) is 11.8 Å². The van der Waals surface area contributed by atoms with Gasteiger partial charge in [0.1, 0.15) is 17.8 Å². The van der Waals surface area contributed by atoms with Gasteiger partial charge in [0.05, 0.1) is 0 Å². The van der Waals surface area contributed by atoms with E-state index in [1.54, 1.807) is 18.2 Å². The highest BCUT2D eigenvalue weighted by atomic mass is 19.1. The van der Waals surface area contributed by atoms with Gasteiger partial charge in [-0.15, -0.1) is 0 Å². The number of aryl methyl sites for hydroxylation is 1. The number of rotatable bonds is 3. The van der Waals surface area contributed by atoms with Crippen LogP contribution in [0.1, 0.15) is 41.5 Å². The molecule has 0 radical (unpaired) electrons. The average molecular weight is 313 g/mol. The lowest BCUT2D eigenvalue weighted by atomic mass is 9.90. The first kappa shape index (κ1) is 15.6. The molecule has 0 spiro atoms. The van der Waals surface area contributed by atoms with Crippen LogP contribution in [0, 0.1) is 12.7 Å². The summed E-state index contributed by atoms with van der Waals surface area (Å²) in [6.45, 7) is 4.66. The zero-order valence-corrected chi connectivity index (χ0v) is 13.4. The fourth-order valence-electron chi connectivity index (χ4n) is 3.31. The Morgan fingerprint density at radius 1 is 1.30 bits per heavy atom. The maximum Gasteiger partial charge on any atom is 0.273 e. The maximum absolute atomic E-state index is 13.1. The van der Waals surface area contributed by atoms with Crippen molar-refractivity contribution in [3.8, 4) is 0 Å². The number of carbonyl (C=O) groups excluding carboxylic acids is 1. The molecule has 1 amide bonds. The molecule has 5 heteroatoms. The quantitative estimate of drug-likeness (QED) is 0.874. The van der Waals surface area contributed by atoms with E-state index in [4.69, 9.17) is 0 Å². The topological polar surface area (TPSA) is 46.1 Å². The molecule has 2 heterocycles. The first-order chi connectivity index (χ1) is 11.0. The molecule has 120 valence electrons. The van der Waals surface area contributed by atoms with E-state index in [0.717, 1.165) is 30.6 Å². The number of amides is 1. The summed E-state index contributed by atoms with van der Waals surface area (Å²) in [6, 6.07) is 8.23. The van der Waals surface area contributed by atoms with Crippen LogP contribution in [-0.4, -0.2) is 32.9 Å². The van der Waals surface area contributed by atoms with E-state index >= 15 is 0 Å². The van der Waals surface area contributed by atoms with E-state index in [-0.39, 0.29) is 17.3 Å². The summed E-state index contributed by atoms with van der Waals surface area (Å²) < 4.78 is 13.1. The molecule has 2 aromatic rings. The van der Waals surface area contributed by atoms with Gasteiger partial charge in [0.15, 0.2) is 0 Å². The van der Waals surface area contributed by atoms with E-state index < -0.39 is 0 Å². The Hall–Kier alpha value is -2.30. The molecular weight excluding hydrogens is 293 g/mol. The highest BCUT2D eigenvalue weighted by molar-refractivity contribution is 5.93. The maximum atomic E-state index is 13.1. The van der Waals surface area contributed by atoms with E-state index in [1.165, 1.54) is 18.5 Å². The molecule has 1 fully saturated rings. The zero-order valence-electron chi connectivity index (χ0n) is 13.4. The summed E-state index contributed by atoms with van der Waals surface area (Å²) in [5, 5.41) is 0. The SMILES string of the molecule is Cc1cc(C(=O)N2CCCC2(C)Cc2ccc(F)cc2)ncn1. The average Bonchev–Trinajstić information content (AvgIpc) is 2.90. The number of aromatic nitrogens is 2. The highest BCUT2D eigenvalue weighted by Gasteiger charge is 2.40. The van der Waals surface area contributed by atoms with Crippen LogP contribution in [0.5, 0.6) is 0 Å². The minimum atomic E-state index is -0.270. The van der Waals surface area contributed by atoms with Gasteiger partial charge in [0.25, 0.3) is 5.91 Å². The molecule has 3 rings (SSSR count). The minimum Gasteiger partial charge on any atom is -0.332 e. The molecule has 0 saturated carbocycles. The summed E-state index contributed by atoms with van der Waals surface area (Å²) in [7, 11) is 0. The molecular formula is C18H20FN3O. The number of carbonyl (C=O) groups is 1. The van der Waals surface area contributed by atoms with Crippen molar-refractivity contribution in [3.05, 3.63) is 59.4 Å². The fourth-order valence-corrected chi connectivity index (χ4v) is 3.31. The number of hydrogen-bond acceptors (Lipinski definition) is 3. The van der Waals surface area contributed by atoms with Crippen molar-refractivity contribution in [1.29, 1.82) is 0 Å². The van der Waals surface area contributed by atoms with Crippen molar-refractivity contribution in [2.24, 2.45) is 0 Å². The monoisotopic (exact) mass is 313 g/mol. The Balaban J connectivity index is 1.83. The van der Waals surface area contributed by atoms with Gasteiger partial charge in [-0.05, 0) is 56.9 Å². The summed E-state index contributed by atoms with van der Waals surface area (Å²) >= 11 is 0. The van der Waals surface area contributed by atoms with Crippen LogP contribution < -0.4 is 0 Å². The van der Waals surface area contributed by atoms with E-state index in [0.29, 0.717) is 12.1 Å². The zero-order chi connectivity index (χ0) is 16.4. The van der Waals surface area contributed by atoms with Crippen molar-refractivity contribution < 1.29 is 9.18 Å². The molecule has 1 atom stereocenters. The van der Waals surface area contributed by atoms with Crippen molar-refractivity contribution in [2.75, 3.05) is 6.54 Å². The van der Waals surface area contributed by atoms with Crippen molar-refractivity contribution in [1.82, 2.24) is 14.9 Å². The molecule has 23 heavy (non-hydrogen) atoms. The molecule has 0 bridgehead atoms. The second kappa shape index (κ2) is 6.07. The van der Waals surface area contributed by atoms with Crippen molar-refractivity contribution in [2.45, 2.75) is 38.6 Å². The summed E-state index contributed by atoms with van der Waals surface area (Å²) in [6.07, 6.45) is 4.03. The second-order valence-corrected chi connectivity index (χ2v) is 6.41. The van der Waals surface area contributed by atoms with Gasteiger partial charge in [0.2, 0.25) is 0 Å². The molecule has 0 N–H and O–H groups in total. The van der Waals surface area contributed by atoms with Crippen LogP contribution >= 0.6 is 0 Å². The van der Waals surface area contributed by atoms with Crippen molar-refractivity contribution >= 4 is 5.91 Å². The lowest BCUT2D eigenvalue weighted by molar-refractivity contribution is 0.0618. The summed E-state index contributed by atoms with van der Waals surface area (Å²) in [5.41, 5.74) is 1.98. The van der Waals surface area contributed by atoms with E-state index in [2.05, 4.69) is 16.9 Å². The predicted molar refractivity (Wildman–Crippen MR) is 85.5 cm³/mol. The normalized spacial score (nSPS) is 20.7. The standard InChI is InChI=1S/C18H20FN3O/c1-13-10-16(21-12-20-13)17(23)22-9-3-8-18(22,2)11-14-4-6-15(19)7-5-14/h4-7,10,12H,3,8-9,11H2,1-2H3. The first-order valence-electron chi connectivity index (χ1n) is 7.83. The third kappa shape index (κ3) is 3.23. The van der Waals surface area contributed by atoms with E-state index in [9.17, 15) is 9.18 Å². The van der Waals surface area contributed by atoms with Gasteiger partial charge in [-0.3, -0.25) is 4.79 Å². The first-order valence-corrected chi connectivity index (χ1v) is 7.83. The van der Waals surface area contributed by atoms with Gasteiger partial charge in [-0.2, -0.15) is 0 Å². The van der Waals surface area contributed by atoms with Gasteiger partial charge < -0.3 is 4.90 Å². The summed E-state index contributed by atoms with van der Waals surface area (Å²) in [5.74, 6) is -0.299. The van der Waals surface area contributed by atoms with Gasteiger partial charge in [-0.25, -0.2) is 14.4 Å². The van der Waals surface area contributed by atoms with Gasteiger partial charge in [-0.1, -0.05) is 12.1 Å². The largest absolute Gasteiger partial charge is 0.332 e. The third-order valence-corrected chi connectivity index (χ3v) is 4.51. The number of nitrogens with zero attached hydrogens (tertiary/aromatic N) is 3. The molecule has 1 aromatic carbocycles. The molecule has 0 aliphatic carbocycles. The fraction of sp³-hybridized carbons (Fsp3) is 0.389. The number of benzene rings is 1.